The number of rotatable bonds is 5. The summed E-state index contributed by atoms with van der Waals surface area (Å²) < 4.78 is 5.84. The second-order valence-electron chi connectivity index (χ2n) is 9.91. The van der Waals surface area contributed by atoms with Crippen LogP contribution in [0.4, 0.5) is 5.69 Å². The fourth-order valence-electron chi connectivity index (χ4n) is 6.41. The molecule has 3 fully saturated rings. The van der Waals surface area contributed by atoms with Crippen LogP contribution in [-0.2, 0) is 9.59 Å². The van der Waals surface area contributed by atoms with Crippen LogP contribution >= 0.6 is 23.2 Å². The van der Waals surface area contributed by atoms with Crippen molar-refractivity contribution in [3.8, 4) is 11.5 Å². The van der Waals surface area contributed by atoms with Gasteiger partial charge in [-0.3, -0.25) is 19.3 Å². The Hall–Kier alpha value is -3.15. The predicted molar refractivity (Wildman–Crippen MR) is 138 cm³/mol. The zero-order valence-electron chi connectivity index (χ0n) is 19.5. The molecule has 182 valence electrons. The third-order valence-corrected chi connectivity index (χ3v) is 8.51. The van der Waals surface area contributed by atoms with Gasteiger partial charge in [0, 0.05) is 10.6 Å². The molecule has 2 aliphatic carbocycles. The molecule has 0 N–H and O–H groups in total. The Balaban J connectivity index is 1.21. The van der Waals surface area contributed by atoms with Crippen molar-refractivity contribution < 1.29 is 19.1 Å². The summed E-state index contributed by atoms with van der Waals surface area (Å²) in [5, 5.41) is 0.911. The largest absolute Gasteiger partial charge is 0.456 e. The zero-order chi connectivity index (χ0) is 25.1. The second kappa shape index (κ2) is 8.75. The number of amides is 2. The molecule has 1 aliphatic heterocycles. The molecule has 0 aromatic heterocycles. The number of nitrogens with zero attached hydrogens (tertiary/aromatic N) is 1. The predicted octanol–water partition coefficient (Wildman–Crippen LogP) is 6.92. The van der Waals surface area contributed by atoms with E-state index in [1.54, 1.807) is 49.4 Å². The number of carbonyl (C=O) groups excluding carboxylic acids is 3. The number of hydrogen-bond donors (Lipinski definition) is 0. The molecule has 6 rings (SSSR count). The summed E-state index contributed by atoms with van der Waals surface area (Å²) in [5.41, 5.74) is 2.38. The maximum atomic E-state index is 13.6. The second-order valence-corrected chi connectivity index (χ2v) is 10.8. The molecule has 1 heterocycles. The molecule has 2 amide bonds. The van der Waals surface area contributed by atoms with Crippen LogP contribution in [0.5, 0.6) is 11.5 Å². The van der Waals surface area contributed by atoms with E-state index in [2.05, 4.69) is 0 Å². The van der Waals surface area contributed by atoms with Gasteiger partial charge in [-0.15, -0.1) is 0 Å². The minimum Gasteiger partial charge on any atom is -0.456 e. The quantitative estimate of drug-likeness (QED) is 0.271. The van der Waals surface area contributed by atoms with Crippen molar-refractivity contribution >= 4 is 46.5 Å². The molecule has 1 saturated heterocycles. The number of ether oxygens (including phenoxy) is 1. The summed E-state index contributed by atoms with van der Waals surface area (Å²) in [6, 6.07) is 19.6. The first-order valence-electron chi connectivity index (χ1n) is 12.0. The molecule has 5 atom stereocenters. The van der Waals surface area contributed by atoms with Crippen LogP contribution in [0, 0.1) is 23.7 Å². The van der Waals surface area contributed by atoms with Gasteiger partial charge >= 0.3 is 0 Å². The Morgan fingerprint density at radius 2 is 1.58 bits per heavy atom. The number of halogens is 2. The van der Waals surface area contributed by atoms with Gasteiger partial charge in [0.15, 0.2) is 5.78 Å². The standard InChI is InChI=1S/C29H23Cl2NO4/c1-15(33)16-2-4-17(5-3-16)22-12-18-13-23(22)27-26(18)28(34)32(29(27)35)20-7-9-21(10-8-20)36-25-11-6-19(30)14-24(25)31/h2-11,14,18,22-23,26-27H,12-13H2,1H3. The number of hydrogen-bond acceptors (Lipinski definition) is 4. The highest BCUT2D eigenvalue weighted by atomic mass is 35.5. The van der Waals surface area contributed by atoms with Crippen molar-refractivity contribution in [1.82, 2.24) is 0 Å². The Kier molecular flexibility index (Phi) is 5.66. The van der Waals surface area contributed by atoms with E-state index < -0.39 is 0 Å². The third kappa shape index (κ3) is 3.73. The maximum absolute atomic E-state index is 13.6. The van der Waals surface area contributed by atoms with E-state index in [0.29, 0.717) is 32.8 Å². The Bertz CT molecular complexity index is 1390. The molecule has 3 aliphatic rings. The molecule has 0 spiro atoms. The van der Waals surface area contributed by atoms with Gasteiger partial charge in [0.2, 0.25) is 11.8 Å². The molecule has 2 bridgehead atoms. The lowest BCUT2D eigenvalue weighted by Crippen LogP contribution is -2.32. The topological polar surface area (TPSA) is 63.7 Å². The first-order chi connectivity index (χ1) is 17.3. The van der Waals surface area contributed by atoms with E-state index in [1.165, 1.54) is 4.90 Å². The van der Waals surface area contributed by atoms with Crippen molar-refractivity contribution in [2.75, 3.05) is 4.90 Å². The molecule has 36 heavy (non-hydrogen) atoms. The first kappa shape index (κ1) is 23.3. The van der Waals surface area contributed by atoms with Crippen molar-refractivity contribution in [2.45, 2.75) is 25.7 Å². The normalized spacial score (nSPS) is 26.4. The minimum absolute atomic E-state index is 0.0365. The van der Waals surface area contributed by atoms with Crippen LogP contribution in [0.2, 0.25) is 10.0 Å². The summed E-state index contributed by atoms with van der Waals surface area (Å²) in [4.78, 5) is 40.0. The third-order valence-electron chi connectivity index (χ3n) is 7.98. The van der Waals surface area contributed by atoms with Crippen molar-refractivity contribution in [2.24, 2.45) is 23.7 Å². The SMILES string of the molecule is CC(=O)c1ccc(C2CC3CC2C2C(=O)N(c4ccc(Oc5ccc(Cl)cc5Cl)cc4)C(=O)C32)cc1. The van der Waals surface area contributed by atoms with Crippen molar-refractivity contribution in [3.05, 3.63) is 87.9 Å². The van der Waals surface area contributed by atoms with Crippen LogP contribution in [0.3, 0.4) is 0 Å². The van der Waals surface area contributed by atoms with Gasteiger partial charge in [-0.1, -0.05) is 47.5 Å². The number of fused-ring (bicyclic) bond motifs is 5. The van der Waals surface area contributed by atoms with E-state index in [-0.39, 0.29) is 47.2 Å². The van der Waals surface area contributed by atoms with E-state index in [1.807, 2.05) is 24.3 Å². The van der Waals surface area contributed by atoms with E-state index in [9.17, 15) is 14.4 Å². The van der Waals surface area contributed by atoms with Crippen LogP contribution < -0.4 is 9.64 Å². The maximum Gasteiger partial charge on any atom is 0.237 e. The zero-order valence-corrected chi connectivity index (χ0v) is 21.0. The van der Waals surface area contributed by atoms with Gasteiger partial charge in [-0.25, -0.2) is 0 Å². The number of imide groups is 1. The monoisotopic (exact) mass is 519 g/mol. The van der Waals surface area contributed by atoms with Crippen LogP contribution in [0.1, 0.15) is 41.6 Å². The number of benzene rings is 3. The number of anilines is 1. The fraction of sp³-hybridized carbons (Fsp3) is 0.276. The molecular formula is C29H23Cl2NO4. The highest BCUT2D eigenvalue weighted by Crippen LogP contribution is 2.62. The highest BCUT2D eigenvalue weighted by Gasteiger charge is 2.64. The first-order valence-corrected chi connectivity index (χ1v) is 12.8. The van der Waals surface area contributed by atoms with E-state index in [4.69, 9.17) is 27.9 Å². The molecule has 2 saturated carbocycles. The minimum atomic E-state index is -0.294. The lowest BCUT2D eigenvalue weighted by molar-refractivity contribution is -0.123. The van der Waals surface area contributed by atoms with Gasteiger partial charge in [-0.2, -0.15) is 0 Å². The lowest BCUT2D eigenvalue weighted by atomic mass is 9.72. The van der Waals surface area contributed by atoms with Crippen LogP contribution in [0.25, 0.3) is 0 Å². The van der Waals surface area contributed by atoms with Crippen LogP contribution in [-0.4, -0.2) is 17.6 Å². The summed E-state index contributed by atoms with van der Waals surface area (Å²) in [6.07, 6.45) is 1.79. The lowest BCUT2D eigenvalue weighted by Gasteiger charge is -2.29. The molecule has 0 radical (unpaired) electrons. The average molecular weight is 520 g/mol. The molecule has 5 unspecified atom stereocenters. The Morgan fingerprint density at radius 1 is 0.889 bits per heavy atom. The smallest absolute Gasteiger partial charge is 0.237 e. The highest BCUT2D eigenvalue weighted by molar-refractivity contribution is 6.35. The summed E-state index contributed by atoms with van der Waals surface area (Å²) in [5.74, 6) is 0.856. The number of carbonyl (C=O) groups is 3. The van der Waals surface area contributed by atoms with Gasteiger partial charge in [0.05, 0.1) is 22.5 Å². The number of ketones is 1. The molecular weight excluding hydrogens is 497 g/mol. The number of Topliss-reactive ketones (excluding diaryl/α,β-unsaturated/α-hetero) is 1. The summed E-state index contributed by atoms with van der Waals surface area (Å²) >= 11 is 12.1. The van der Waals surface area contributed by atoms with Crippen molar-refractivity contribution in [1.29, 1.82) is 0 Å². The summed E-state index contributed by atoms with van der Waals surface area (Å²) in [6.45, 7) is 1.56. The summed E-state index contributed by atoms with van der Waals surface area (Å²) in [7, 11) is 0. The van der Waals surface area contributed by atoms with Crippen molar-refractivity contribution in [3.63, 3.8) is 0 Å². The average Bonchev–Trinajstić information content (AvgIpc) is 3.53. The molecule has 5 nitrogen and oxygen atoms in total. The van der Waals surface area contributed by atoms with Gasteiger partial charge < -0.3 is 4.74 Å². The molecule has 7 heteroatoms. The van der Waals surface area contributed by atoms with E-state index in [0.717, 1.165) is 18.4 Å². The van der Waals surface area contributed by atoms with Gasteiger partial charge in [0.25, 0.3) is 0 Å². The molecule has 3 aromatic rings. The Labute approximate surface area is 219 Å². The van der Waals surface area contributed by atoms with Gasteiger partial charge in [0.1, 0.15) is 11.5 Å². The Morgan fingerprint density at radius 3 is 2.25 bits per heavy atom. The fourth-order valence-corrected chi connectivity index (χ4v) is 6.86. The van der Waals surface area contributed by atoms with Crippen LogP contribution in [0.15, 0.2) is 66.7 Å². The van der Waals surface area contributed by atoms with E-state index >= 15 is 0 Å². The van der Waals surface area contributed by atoms with Gasteiger partial charge in [-0.05, 0) is 85.5 Å². The molecule has 3 aromatic carbocycles.